The lowest BCUT2D eigenvalue weighted by atomic mass is 10.0. The van der Waals surface area contributed by atoms with Crippen LogP contribution in [-0.2, 0) is 4.79 Å². The molecule has 1 aliphatic rings. The fourth-order valence-electron chi connectivity index (χ4n) is 1.94. The number of nitrogens with zero attached hydrogens (tertiary/aromatic N) is 2. The number of aliphatic carboxylic acids is 1. The molecule has 1 rings (SSSR count). The molecule has 5 heteroatoms. The Morgan fingerprint density at radius 3 is 2.93 bits per heavy atom. The van der Waals surface area contributed by atoms with Gasteiger partial charge in [0.05, 0.1) is 25.6 Å². The maximum atomic E-state index is 12.1. The third-order valence-corrected chi connectivity index (χ3v) is 2.72. The minimum Gasteiger partial charge on any atom is -0.632 e. The van der Waals surface area contributed by atoms with Crippen molar-refractivity contribution in [2.45, 2.75) is 31.7 Å². The van der Waals surface area contributed by atoms with Crippen molar-refractivity contribution >= 4 is 5.97 Å². The van der Waals surface area contributed by atoms with Crippen molar-refractivity contribution in [2.75, 3.05) is 13.1 Å². The van der Waals surface area contributed by atoms with Crippen LogP contribution in [0.15, 0.2) is 0 Å². The summed E-state index contributed by atoms with van der Waals surface area (Å²) in [7, 11) is 0. The van der Waals surface area contributed by atoms with Gasteiger partial charge in [0.25, 0.3) is 0 Å². The second-order valence-electron chi connectivity index (χ2n) is 3.66. The molecule has 1 fully saturated rings. The average molecular weight is 198 g/mol. The number of piperidine rings is 1. The molecule has 0 aliphatic carbocycles. The van der Waals surface area contributed by atoms with Gasteiger partial charge in [0.2, 0.25) is 0 Å². The highest BCUT2D eigenvalue weighted by Gasteiger charge is 2.37. The Morgan fingerprint density at radius 1 is 1.64 bits per heavy atom. The van der Waals surface area contributed by atoms with Crippen LogP contribution in [0.3, 0.4) is 0 Å². The van der Waals surface area contributed by atoms with E-state index in [1.807, 2.05) is 6.07 Å². The molecular weight excluding hydrogens is 184 g/mol. The zero-order valence-electron chi connectivity index (χ0n) is 7.98. The lowest BCUT2D eigenvalue weighted by Crippen LogP contribution is -2.57. The number of carboxylic acid groups (broad SMARTS) is 1. The van der Waals surface area contributed by atoms with Gasteiger partial charge >= 0.3 is 5.97 Å². The van der Waals surface area contributed by atoms with Crippen LogP contribution in [0.5, 0.6) is 0 Å². The van der Waals surface area contributed by atoms with E-state index in [2.05, 4.69) is 0 Å². The molecule has 2 atom stereocenters. The van der Waals surface area contributed by atoms with E-state index in [1.165, 1.54) is 0 Å². The third-order valence-electron chi connectivity index (χ3n) is 2.72. The monoisotopic (exact) mass is 198 g/mol. The van der Waals surface area contributed by atoms with Crippen LogP contribution < -0.4 is 0 Å². The summed E-state index contributed by atoms with van der Waals surface area (Å²) in [5.74, 6) is -1.03. The highest BCUT2D eigenvalue weighted by molar-refractivity contribution is 5.72. The summed E-state index contributed by atoms with van der Waals surface area (Å²) >= 11 is 0. The van der Waals surface area contributed by atoms with E-state index < -0.39 is 16.7 Å². The molecule has 1 unspecified atom stereocenters. The van der Waals surface area contributed by atoms with E-state index in [4.69, 9.17) is 10.4 Å². The summed E-state index contributed by atoms with van der Waals surface area (Å²) in [5.41, 5.74) is 0. The van der Waals surface area contributed by atoms with Crippen LogP contribution in [-0.4, -0.2) is 34.9 Å². The van der Waals surface area contributed by atoms with Gasteiger partial charge in [-0.05, 0) is 12.8 Å². The molecule has 14 heavy (non-hydrogen) atoms. The van der Waals surface area contributed by atoms with Crippen LogP contribution in [0.4, 0.5) is 0 Å². The van der Waals surface area contributed by atoms with Crippen molar-refractivity contribution in [3.8, 4) is 6.07 Å². The van der Waals surface area contributed by atoms with Crippen molar-refractivity contribution in [3.63, 3.8) is 0 Å². The van der Waals surface area contributed by atoms with Gasteiger partial charge in [-0.15, -0.1) is 0 Å². The van der Waals surface area contributed by atoms with Crippen LogP contribution >= 0.6 is 0 Å². The molecule has 78 valence electrons. The van der Waals surface area contributed by atoms with E-state index in [0.717, 1.165) is 12.8 Å². The Balaban J connectivity index is 2.69. The molecule has 1 heterocycles. The first kappa shape index (κ1) is 11.0. The number of quaternary nitrogens is 1. The number of hydrogen-bond donors (Lipinski definition) is 1. The van der Waals surface area contributed by atoms with Gasteiger partial charge in [0, 0.05) is 6.42 Å². The predicted molar refractivity (Wildman–Crippen MR) is 48.9 cm³/mol. The fraction of sp³-hybridized carbons (Fsp3) is 0.778. The minimum absolute atomic E-state index is 0.105. The van der Waals surface area contributed by atoms with Gasteiger partial charge in [-0.3, -0.25) is 0 Å². The normalized spacial score (nSPS) is 32.1. The summed E-state index contributed by atoms with van der Waals surface area (Å²) in [6.45, 7) is 0.437. The first-order valence-electron chi connectivity index (χ1n) is 4.78. The van der Waals surface area contributed by atoms with Crippen molar-refractivity contribution in [1.29, 1.82) is 5.26 Å². The molecule has 0 radical (unpaired) electrons. The number of hydroxylamine groups is 3. The average Bonchev–Trinajstić information content (AvgIpc) is 2.15. The standard InChI is InChI=1S/C9H14N2O3/c10-5-3-7-11(14)6-2-1-4-8(11)9(12)13/h8H,1-4,6-7H2,(H,12,13)/t8-,11?/m1/s1. The topological polar surface area (TPSA) is 84.1 Å². The fourth-order valence-corrected chi connectivity index (χ4v) is 1.94. The van der Waals surface area contributed by atoms with Crippen molar-refractivity contribution in [2.24, 2.45) is 0 Å². The van der Waals surface area contributed by atoms with E-state index in [9.17, 15) is 10.0 Å². The van der Waals surface area contributed by atoms with E-state index >= 15 is 0 Å². The third kappa shape index (κ3) is 2.22. The highest BCUT2D eigenvalue weighted by atomic mass is 16.6. The second kappa shape index (κ2) is 4.40. The Morgan fingerprint density at radius 2 is 2.36 bits per heavy atom. The maximum Gasteiger partial charge on any atom is 0.362 e. The summed E-state index contributed by atoms with van der Waals surface area (Å²) < 4.78 is -0.719. The SMILES string of the molecule is N#CCC[N+]1([O-])CCCC[C@@H]1C(=O)O. The molecule has 1 aliphatic heterocycles. The number of carboxylic acids is 1. The molecule has 0 amide bonds. The zero-order valence-corrected chi connectivity index (χ0v) is 7.98. The van der Waals surface area contributed by atoms with Crippen molar-refractivity contribution in [3.05, 3.63) is 5.21 Å². The molecule has 1 saturated heterocycles. The van der Waals surface area contributed by atoms with Gasteiger partial charge in [0.1, 0.15) is 0 Å². The van der Waals surface area contributed by atoms with Crippen LogP contribution in [0, 0.1) is 16.5 Å². The Labute approximate surface area is 82.7 Å². The van der Waals surface area contributed by atoms with E-state index in [-0.39, 0.29) is 13.0 Å². The van der Waals surface area contributed by atoms with E-state index in [1.54, 1.807) is 0 Å². The Hall–Kier alpha value is -1.12. The molecular formula is C9H14N2O3. The number of nitriles is 1. The lowest BCUT2D eigenvalue weighted by molar-refractivity contribution is -0.901. The van der Waals surface area contributed by atoms with E-state index in [0.29, 0.717) is 13.0 Å². The maximum absolute atomic E-state index is 12.1. The highest BCUT2D eigenvalue weighted by Crippen LogP contribution is 2.25. The van der Waals surface area contributed by atoms with Gasteiger partial charge in [-0.1, -0.05) is 0 Å². The molecule has 0 aromatic carbocycles. The first-order valence-corrected chi connectivity index (χ1v) is 4.78. The minimum atomic E-state index is -1.03. The summed E-state index contributed by atoms with van der Waals surface area (Å²) in [5, 5.41) is 29.3. The Bertz CT molecular complexity index is 261. The summed E-state index contributed by atoms with van der Waals surface area (Å²) in [6.07, 6.45) is 2.13. The zero-order chi connectivity index (χ0) is 10.6. The van der Waals surface area contributed by atoms with Crippen LogP contribution in [0.1, 0.15) is 25.7 Å². The largest absolute Gasteiger partial charge is 0.632 e. The number of hydrogen-bond acceptors (Lipinski definition) is 3. The number of rotatable bonds is 3. The Kier molecular flexibility index (Phi) is 3.44. The first-order chi connectivity index (χ1) is 6.60. The quantitative estimate of drug-likeness (QED) is 0.538. The van der Waals surface area contributed by atoms with Crippen LogP contribution in [0.2, 0.25) is 0 Å². The van der Waals surface area contributed by atoms with Crippen molar-refractivity contribution < 1.29 is 14.5 Å². The molecule has 0 aromatic rings. The van der Waals surface area contributed by atoms with Gasteiger partial charge in [0.15, 0.2) is 6.04 Å². The van der Waals surface area contributed by atoms with Crippen molar-refractivity contribution in [1.82, 2.24) is 0 Å². The predicted octanol–water partition coefficient (Wildman–Crippen LogP) is 0.852. The lowest BCUT2D eigenvalue weighted by Gasteiger charge is -2.49. The molecule has 1 N–H and O–H groups in total. The molecule has 5 nitrogen and oxygen atoms in total. The van der Waals surface area contributed by atoms with Gasteiger partial charge < -0.3 is 15.0 Å². The number of carbonyl (C=O) groups is 1. The molecule has 0 spiro atoms. The summed E-state index contributed by atoms with van der Waals surface area (Å²) in [4.78, 5) is 10.8. The van der Waals surface area contributed by atoms with Gasteiger partial charge in [-0.2, -0.15) is 5.26 Å². The summed E-state index contributed by atoms with van der Waals surface area (Å²) in [6, 6.07) is 1.03. The molecule has 0 bridgehead atoms. The molecule has 0 saturated carbocycles. The van der Waals surface area contributed by atoms with Crippen LogP contribution in [0.25, 0.3) is 0 Å². The smallest absolute Gasteiger partial charge is 0.362 e. The van der Waals surface area contributed by atoms with Gasteiger partial charge in [-0.25, -0.2) is 4.79 Å². The number of likely N-dealkylation sites (tertiary alicyclic amines) is 1. The molecule has 0 aromatic heterocycles. The second-order valence-corrected chi connectivity index (χ2v) is 3.66.